The smallest absolute Gasteiger partial charge is 0.124 e. The summed E-state index contributed by atoms with van der Waals surface area (Å²) in [5.41, 5.74) is 0.790. The first kappa shape index (κ1) is 13.9. The summed E-state index contributed by atoms with van der Waals surface area (Å²) in [6, 6.07) is 4.50. The Bertz CT molecular complexity index is 355. The van der Waals surface area contributed by atoms with Gasteiger partial charge in [-0.1, -0.05) is 0 Å². The van der Waals surface area contributed by atoms with E-state index in [0.717, 1.165) is 5.56 Å². The summed E-state index contributed by atoms with van der Waals surface area (Å²) in [6.07, 6.45) is 0.172. The fraction of sp³-hybridized carbons (Fsp3) is 0.538. The van der Waals surface area contributed by atoms with Gasteiger partial charge in [0.2, 0.25) is 0 Å². The quantitative estimate of drug-likeness (QED) is 0.802. The molecule has 2 atom stereocenters. The average Bonchev–Trinajstić information content (AvgIpc) is 2.29. The molecule has 0 amide bonds. The Balaban J connectivity index is 2.76. The molecule has 0 spiro atoms. The Morgan fingerprint density at radius 3 is 2.71 bits per heavy atom. The second-order valence-corrected chi connectivity index (χ2v) is 4.18. The summed E-state index contributed by atoms with van der Waals surface area (Å²) in [7, 11) is 1.81. The van der Waals surface area contributed by atoms with Gasteiger partial charge in [0.15, 0.2) is 0 Å². The maximum Gasteiger partial charge on any atom is 0.124 e. The molecule has 0 aliphatic rings. The first-order chi connectivity index (χ1) is 8.04. The lowest BCUT2D eigenvalue weighted by Gasteiger charge is -2.17. The Hall–Kier alpha value is -1.13. The van der Waals surface area contributed by atoms with Gasteiger partial charge in [-0.05, 0) is 39.1 Å². The van der Waals surface area contributed by atoms with Gasteiger partial charge < -0.3 is 15.2 Å². The molecule has 0 aliphatic heterocycles. The number of hydrogen-bond donors (Lipinski definition) is 2. The van der Waals surface area contributed by atoms with Crippen LogP contribution in [-0.4, -0.2) is 24.9 Å². The minimum Gasteiger partial charge on any atom is -0.493 e. The lowest BCUT2D eigenvalue weighted by Crippen LogP contribution is -2.15. The topological polar surface area (TPSA) is 41.5 Å². The van der Waals surface area contributed by atoms with Gasteiger partial charge in [0.25, 0.3) is 0 Å². The SMILES string of the molecule is CNC(C)c1cc(F)ccc1OCCC(C)O. The van der Waals surface area contributed by atoms with Crippen LogP contribution in [0.1, 0.15) is 31.9 Å². The highest BCUT2D eigenvalue weighted by Gasteiger charge is 2.11. The van der Waals surface area contributed by atoms with Crippen molar-refractivity contribution < 1.29 is 14.2 Å². The number of hydrogen-bond acceptors (Lipinski definition) is 3. The van der Waals surface area contributed by atoms with Gasteiger partial charge in [0, 0.05) is 18.0 Å². The van der Waals surface area contributed by atoms with Crippen LogP contribution >= 0.6 is 0 Å². The molecule has 0 aliphatic carbocycles. The van der Waals surface area contributed by atoms with Gasteiger partial charge in [-0.2, -0.15) is 0 Å². The van der Waals surface area contributed by atoms with Crippen molar-refractivity contribution in [2.45, 2.75) is 32.4 Å². The molecule has 0 saturated carbocycles. The lowest BCUT2D eigenvalue weighted by atomic mass is 10.1. The highest BCUT2D eigenvalue weighted by molar-refractivity contribution is 5.36. The molecule has 17 heavy (non-hydrogen) atoms. The van der Waals surface area contributed by atoms with E-state index in [1.54, 1.807) is 13.0 Å². The van der Waals surface area contributed by atoms with Gasteiger partial charge in [-0.15, -0.1) is 0 Å². The van der Waals surface area contributed by atoms with E-state index in [1.807, 2.05) is 14.0 Å². The van der Waals surface area contributed by atoms with Gasteiger partial charge in [-0.3, -0.25) is 0 Å². The summed E-state index contributed by atoms with van der Waals surface area (Å²) in [4.78, 5) is 0. The molecule has 96 valence electrons. The Labute approximate surface area is 102 Å². The van der Waals surface area contributed by atoms with Crippen LogP contribution in [0.2, 0.25) is 0 Å². The fourth-order valence-electron chi connectivity index (χ4n) is 1.48. The number of benzene rings is 1. The molecule has 0 aromatic heterocycles. The minimum absolute atomic E-state index is 0.0206. The predicted molar refractivity (Wildman–Crippen MR) is 65.7 cm³/mol. The molecule has 0 radical (unpaired) electrons. The third kappa shape index (κ3) is 4.32. The van der Waals surface area contributed by atoms with Crippen molar-refractivity contribution in [2.24, 2.45) is 0 Å². The van der Waals surface area contributed by atoms with E-state index >= 15 is 0 Å². The van der Waals surface area contributed by atoms with Crippen molar-refractivity contribution in [3.05, 3.63) is 29.6 Å². The van der Waals surface area contributed by atoms with Crippen molar-refractivity contribution >= 4 is 0 Å². The first-order valence-corrected chi connectivity index (χ1v) is 5.82. The summed E-state index contributed by atoms with van der Waals surface area (Å²) >= 11 is 0. The normalized spacial score (nSPS) is 14.4. The zero-order valence-corrected chi connectivity index (χ0v) is 10.5. The molecule has 0 heterocycles. The van der Waals surface area contributed by atoms with E-state index in [9.17, 15) is 4.39 Å². The monoisotopic (exact) mass is 241 g/mol. The number of aliphatic hydroxyl groups excluding tert-OH is 1. The second kappa shape index (κ2) is 6.57. The zero-order valence-electron chi connectivity index (χ0n) is 10.5. The van der Waals surface area contributed by atoms with Gasteiger partial charge in [0.05, 0.1) is 12.7 Å². The summed E-state index contributed by atoms with van der Waals surface area (Å²) in [6.45, 7) is 4.08. The standard InChI is InChI=1S/C13H20FNO2/c1-9(16)6-7-17-13-5-4-11(14)8-12(13)10(2)15-3/h4-5,8-10,15-16H,6-7H2,1-3H3. The van der Waals surface area contributed by atoms with Gasteiger partial charge >= 0.3 is 0 Å². The average molecular weight is 241 g/mol. The van der Waals surface area contributed by atoms with Crippen LogP contribution in [0.3, 0.4) is 0 Å². The van der Waals surface area contributed by atoms with Crippen molar-refractivity contribution in [1.82, 2.24) is 5.32 Å². The van der Waals surface area contributed by atoms with Crippen molar-refractivity contribution in [1.29, 1.82) is 0 Å². The zero-order chi connectivity index (χ0) is 12.8. The number of ether oxygens (including phenoxy) is 1. The molecule has 0 fully saturated rings. The Morgan fingerprint density at radius 2 is 2.12 bits per heavy atom. The Kier molecular flexibility index (Phi) is 5.38. The summed E-state index contributed by atoms with van der Waals surface area (Å²) in [5, 5.41) is 12.2. The van der Waals surface area contributed by atoms with Crippen molar-refractivity contribution in [2.75, 3.05) is 13.7 Å². The van der Waals surface area contributed by atoms with E-state index in [0.29, 0.717) is 18.8 Å². The third-order valence-electron chi connectivity index (χ3n) is 2.66. The third-order valence-corrected chi connectivity index (χ3v) is 2.66. The molecule has 1 aromatic carbocycles. The number of halogens is 1. The maximum absolute atomic E-state index is 13.2. The Morgan fingerprint density at radius 1 is 1.41 bits per heavy atom. The van der Waals surface area contributed by atoms with Crippen LogP contribution in [0.5, 0.6) is 5.75 Å². The van der Waals surface area contributed by atoms with Crippen LogP contribution in [-0.2, 0) is 0 Å². The molecule has 2 N–H and O–H groups in total. The molecule has 0 bridgehead atoms. The molecule has 0 saturated heterocycles. The first-order valence-electron chi connectivity index (χ1n) is 5.82. The number of nitrogens with one attached hydrogen (secondary N) is 1. The predicted octanol–water partition coefficient (Wildman–Crippen LogP) is 2.26. The van der Waals surface area contributed by atoms with Crippen LogP contribution in [0.25, 0.3) is 0 Å². The molecule has 1 rings (SSSR count). The fourth-order valence-corrected chi connectivity index (χ4v) is 1.48. The van der Waals surface area contributed by atoms with Gasteiger partial charge in [0.1, 0.15) is 11.6 Å². The van der Waals surface area contributed by atoms with E-state index < -0.39 is 0 Å². The number of aliphatic hydroxyl groups is 1. The molecule has 1 aromatic rings. The van der Waals surface area contributed by atoms with E-state index in [-0.39, 0.29) is 18.0 Å². The molecule has 4 heteroatoms. The largest absolute Gasteiger partial charge is 0.493 e. The highest BCUT2D eigenvalue weighted by Crippen LogP contribution is 2.26. The summed E-state index contributed by atoms with van der Waals surface area (Å²) < 4.78 is 18.7. The van der Waals surface area contributed by atoms with Crippen molar-refractivity contribution in [3.8, 4) is 5.75 Å². The second-order valence-electron chi connectivity index (χ2n) is 4.18. The van der Waals surface area contributed by atoms with Crippen LogP contribution in [0.15, 0.2) is 18.2 Å². The van der Waals surface area contributed by atoms with E-state index in [2.05, 4.69) is 5.32 Å². The van der Waals surface area contributed by atoms with Gasteiger partial charge in [-0.25, -0.2) is 4.39 Å². The molecule has 2 unspecified atom stereocenters. The lowest BCUT2D eigenvalue weighted by molar-refractivity contribution is 0.155. The molecular weight excluding hydrogens is 221 g/mol. The molecular formula is C13H20FNO2. The van der Waals surface area contributed by atoms with Crippen LogP contribution in [0.4, 0.5) is 4.39 Å². The highest BCUT2D eigenvalue weighted by atomic mass is 19.1. The minimum atomic E-state index is -0.388. The van der Waals surface area contributed by atoms with E-state index in [4.69, 9.17) is 9.84 Å². The van der Waals surface area contributed by atoms with Crippen LogP contribution in [0, 0.1) is 5.82 Å². The summed E-state index contributed by atoms with van der Waals surface area (Å²) in [5.74, 6) is 0.388. The number of rotatable bonds is 6. The van der Waals surface area contributed by atoms with E-state index in [1.165, 1.54) is 12.1 Å². The molecule has 3 nitrogen and oxygen atoms in total. The maximum atomic E-state index is 13.2. The van der Waals surface area contributed by atoms with Crippen LogP contribution < -0.4 is 10.1 Å². The van der Waals surface area contributed by atoms with Crippen molar-refractivity contribution in [3.63, 3.8) is 0 Å².